The Hall–Kier alpha value is -2.31. The van der Waals surface area contributed by atoms with Crippen LogP contribution < -0.4 is 10.6 Å². The van der Waals surface area contributed by atoms with E-state index in [1.54, 1.807) is 18.0 Å². The van der Waals surface area contributed by atoms with Crippen LogP contribution >= 0.6 is 0 Å². The number of urea groups is 1. The first-order valence-electron chi connectivity index (χ1n) is 7.55. The van der Waals surface area contributed by atoms with Crippen LogP contribution in [0.15, 0.2) is 24.4 Å². The predicted octanol–water partition coefficient (Wildman–Crippen LogP) is 1.50. The van der Waals surface area contributed by atoms with Crippen LogP contribution in [0.2, 0.25) is 0 Å². The first-order chi connectivity index (χ1) is 10.7. The molecule has 7 heteroatoms. The Morgan fingerprint density at radius 1 is 1.36 bits per heavy atom. The lowest BCUT2D eigenvalue weighted by Gasteiger charge is -2.31. The quantitative estimate of drug-likeness (QED) is 0.883. The summed E-state index contributed by atoms with van der Waals surface area (Å²) in [6.07, 6.45) is 2.88. The van der Waals surface area contributed by atoms with E-state index < -0.39 is 0 Å². The summed E-state index contributed by atoms with van der Waals surface area (Å²) in [5, 5.41) is 5.71. The third kappa shape index (κ3) is 4.91. The Kier molecular flexibility index (Phi) is 6.00. The number of aromatic nitrogens is 1. The summed E-state index contributed by atoms with van der Waals surface area (Å²) >= 11 is 0. The molecular weight excluding hydrogens is 284 g/mol. The lowest BCUT2D eigenvalue weighted by atomic mass is 10.1. The van der Waals surface area contributed by atoms with Gasteiger partial charge in [0.1, 0.15) is 0 Å². The van der Waals surface area contributed by atoms with Crippen molar-refractivity contribution in [1.29, 1.82) is 0 Å². The molecule has 0 aromatic carbocycles. The first-order valence-corrected chi connectivity index (χ1v) is 7.55. The second-order valence-electron chi connectivity index (χ2n) is 5.11. The largest absolute Gasteiger partial charge is 0.450 e. The lowest BCUT2D eigenvalue weighted by Crippen LogP contribution is -2.49. The highest BCUT2D eigenvalue weighted by atomic mass is 16.6. The summed E-state index contributed by atoms with van der Waals surface area (Å²) in [5.41, 5.74) is 0.815. The third-order valence-corrected chi connectivity index (χ3v) is 3.51. The fourth-order valence-electron chi connectivity index (χ4n) is 2.33. The van der Waals surface area contributed by atoms with Crippen molar-refractivity contribution in [3.05, 3.63) is 30.1 Å². The number of carbonyl (C=O) groups excluding carboxylic acids is 2. The molecule has 0 aliphatic carbocycles. The minimum Gasteiger partial charge on any atom is -0.450 e. The first kappa shape index (κ1) is 16.1. The maximum Gasteiger partial charge on any atom is 0.409 e. The Morgan fingerprint density at radius 3 is 2.77 bits per heavy atom. The van der Waals surface area contributed by atoms with Crippen LogP contribution in [0.5, 0.6) is 0 Å². The Morgan fingerprint density at radius 2 is 2.14 bits per heavy atom. The van der Waals surface area contributed by atoms with E-state index >= 15 is 0 Å². The number of hydrogen-bond donors (Lipinski definition) is 2. The lowest BCUT2D eigenvalue weighted by molar-refractivity contribution is 0.0957. The molecule has 3 amide bonds. The van der Waals surface area contributed by atoms with Crippen LogP contribution in [0.3, 0.4) is 0 Å². The number of likely N-dealkylation sites (tertiary alicyclic amines) is 1. The number of nitrogens with one attached hydrogen (secondary N) is 2. The SMILES string of the molecule is CCOC(=O)N1CCC(NC(=O)NCc2ccccn2)CC1. The fraction of sp³-hybridized carbons (Fsp3) is 0.533. The highest BCUT2D eigenvalue weighted by Crippen LogP contribution is 2.11. The summed E-state index contributed by atoms with van der Waals surface area (Å²) in [7, 11) is 0. The molecule has 0 atom stereocenters. The van der Waals surface area contributed by atoms with Crippen molar-refractivity contribution in [3.8, 4) is 0 Å². The fourth-order valence-corrected chi connectivity index (χ4v) is 2.33. The van der Waals surface area contributed by atoms with Gasteiger partial charge in [-0.25, -0.2) is 9.59 Å². The molecule has 0 bridgehead atoms. The van der Waals surface area contributed by atoms with E-state index in [4.69, 9.17) is 4.74 Å². The van der Waals surface area contributed by atoms with Gasteiger partial charge in [-0.3, -0.25) is 4.98 Å². The molecular formula is C15H22N4O3. The van der Waals surface area contributed by atoms with Gasteiger partial charge in [0.05, 0.1) is 18.8 Å². The molecule has 2 N–H and O–H groups in total. The van der Waals surface area contributed by atoms with Crippen molar-refractivity contribution in [2.45, 2.75) is 32.4 Å². The standard InChI is InChI=1S/C15H22N4O3/c1-2-22-15(21)19-9-6-12(7-10-19)18-14(20)17-11-13-5-3-4-8-16-13/h3-5,8,12H,2,6-7,9-11H2,1H3,(H2,17,18,20). The molecule has 0 radical (unpaired) electrons. The molecule has 1 fully saturated rings. The number of amides is 3. The summed E-state index contributed by atoms with van der Waals surface area (Å²) in [5.74, 6) is 0. The molecule has 0 spiro atoms. The number of hydrogen-bond acceptors (Lipinski definition) is 4. The summed E-state index contributed by atoms with van der Waals surface area (Å²) in [4.78, 5) is 29.2. The molecule has 0 saturated carbocycles. The smallest absolute Gasteiger partial charge is 0.409 e. The van der Waals surface area contributed by atoms with E-state index in [9.17, 15) is 9.59 Å². The van der Waals surface area contributed by atoms with E-state index in [1.807, 2.05) is 18.2 Å². The number of piperidine rings is 1. The van der Waals surface area contributed by atoms with Gasteiger partial charge < -0.3 is 20.3 Å². The highest BCUT2D eigenvalue weighted by Gasteiger charge is 2.24. The molecule has 2 heterocycles. The third-order valence-electron chi connectivity index (χ3n) is 3.51. The second-order valence-corrected chi connectivity index (χ2v) is 5.11. The molecule has 7 nitrogen and oxygen atoms in total. The van der Waals surface area contributed by atoms with Crippen LogP contribution in [-0.2, 0) is 11.3 Å². The van der Waals surface area contributed by atoms with Gasteiger partial charge in [0, 0.05) is 25.3 Å². The zero-order valence-corrected chi connectivity index (χ0v) is 12.7. The van der Waals surface area contributed by atoms with Crippen LogP contribution in [0.1, 0.15) is 25.5 Å². The van der Waals surface area contributed by atoms with Gasteiger partial charge in [0.15, 0.2) is 0 Å². The monoisotopic (exact) mass is 306 g/mol. The van der Waals surface area contributed by atoms with Crippen molar-refractivity contribution in [2.75, 3.05) is 19.7 Å². The zero-order valence-electron chi connectivity index (χ0n) is 12.7. The maximum atomic E-state index is 11.8. The number of nitrogens with zero attached hydrogens (tertiary/aromatic N) is 2. The number of rotatable bonds is 4. The minimum atomic E-state index is -0.277. The summed E-state index contributed by atoms with van der Waals surface area (Å²) in [6.45, 7) is 3.77. The topological polar surface area (TPSA) is 83.6 Å². The van der Waals surface area contributed by atoms with Crippen LogP contribution in [0.4, 0.5) is 9.59 Å². The molecule has 1 saturated heterocycles. The minimum absolute atomic E-state index is 0.0782. The zero-order chi connectivity index (χ0) is 15.8. The molecule has 120 valence electrons. The van der Waals surface area contributed by atoms with Crippen molar-refractivity contribution in [3.63, 3.8) is 0 Å². The van der Waals surface area contributed by atoms with E-state index in [1.165, 1.54) is 0 Å². The average molecular weight is 306 g/mol. The molecule has 22 heavy (non-hydrogen) atoms. The predicted molar refractivity (Wildman–Crippen MR) is 81.2 cm³/mol. The van der Waals surface area contributed by atoms with Gasteiger partial charge in [-0.2, -0.15) is 0 Å². The van der Waals surface area contributed by atoms with E-state index in [-0.39, 0.29) is 18.2 Å². The van der Waals surface area contributed by atoms with Crippen LogP contribution in [0.25, 0.3) is 0 Å². The highest BCUT2D eigenvalue weighted by molar-refractivity contribution is 5.74. The van der Waals surface area contributed by atoms with Crippen molar-refractivity contribution >= 4 is 12.1 Å². The number of carbonyl (C=O) groups is 2. The Labute approximate surface area is 130 Å². The molecule has 1 aromatic rings. The van der Waals surface area contributed by atoms with Gasteiger partial charge in [-0.15, -0.1) is 0 Å². The molecule has 1 aliphatic heterocycles. The molecule has 2 rings (SSSR count). The van der Waals surface area contributed by atoms with E-state index in [2.05, 4.69) is 15.6 Å². The van der Waals surface area contributed by atoms with Gasteiger partial charge >= 0.3 is 12.1 Å². The van der Waals surface area contributed by atoms with Gasteiger partial charge in [-0.05, 0) is 31.9 Å². The van der Waals surface area contributed by atoms with E-state index in [0.717, 1.165) is 18.5 Å². The Bertz CT molecular complexity index is 487. The van der Waals surface area contributed by atoms with Gasteiger partial charge in [0.2, 0.25) is 0 Å². The maximum absolute atomic E-state index is 11.8. The second kappa shape index (κ2) is 8.21. The number of ether oxygens (including phenoxy) is 1. The summed E-state index contributed by atoms with van der Waals surface area (Å²) < 4.78 is 4.97. The van der Waals surface area contributed by atoms with Crippen molar-refractivity contribution in [2.24, 2.45) is 0 Å². The van der Waals surface area contributed by atoms with Gasteiger partial charge in [-0.1, -0.05) is 6.07 Å². The normalized spacial score (nSPS) is 15.2. The van der Waals surface area contributed by atoms with Crippen LogP contribution in [-0.4, -0.2) is 47.7 Å². The average Bonchev–Trinajstić information content (AvgIpc) is 2.55. The molecule has 1 aromatic heterocycles. The summed E-state index contributed by atoms with van der Waals surface area (Å²) in [6, 6.07) is 5.45. The molecule has 0 unspecified atom stereocenters. The van der Waals surface area contributed by atoms with Gasteiger partial charge in [0.25, 0.3) is 0 Å². The Balaban J connectivity index is 1.67. The van der Waals surface area contributed by atoms with E-state index in [0.29, 0.717) is 26.2 Å². The van der Waals surface area contributed by atoms with Crippen LogP contribution in [0, 0.1) is 0 Å². The molecule has 1 aliphatic rings. The van der Waals surface area contributed by atoms with Crippen molar-refractivity contribution in [1.82, 2.24) is 20.5 Å². The number of pyridine rings is 1. The van der Waals surface area contributed by atoms with Crippen molar-refractivity contribution < 1.29 is 14.3 Å².